The summed E-state index contributed by atoms with van der Waals surface area (Å²) in [5.74, 6) is 1.85. The van der Waals surface area contributed by atoms with Crippen LogP contribution in [0.15, 0.2) is 0 Å². The molecule has 1 aliphatic rings. The first-order chi connectivity index (χ1) is 9.53. The lowest BCUT2D eigenvalue weighted by Gasteiger charge is -2.42. The van der Waals surface area contributed by atoms with Gasteiger partial charge >= 0.3 is 0 Å². The molecule has 0 bridgehead atoms. The number of piperidine rings is 1. The van der Waals surface area contributed by atoms with Crippen molar-refractivity contribution in [3.8, 4) is 0 Å². The van der Waals surface area contributed by atoms with E-state index in [0.717, 1.165) is 11.8 Å². The summed E-state index contributed by atoms with van der Waals surface area (Å²) in [6.45, 7) is 16.0. The van der Waals surface area contributed by atoms with E-state index in [4.69, 9.17) is 0 Å². The first kappa shape index (κ1) is 18.0. The van der Waals surface area contributed by atoms with Gasteiger partial charge in [0.05, 0.1) is 0 Å². The van der Waals surface area contributed by atoms with Gasteiger partial charge in [0.2, 0.25) is 0 Å². The van der Waals surface area contributed by atoms with Crippen molar-refractivity contribution in [1.82, 2.24) is 4.90 Å². The highest BCUT2D eigenvalue weighted by atomic mass is 15.1. The van der Waals surface area contributed by atoms with Crippen LogP contribution in [0.1, 0.15) is 86.0 Å². The SMILES string of the molecule is CCCC(CCC)CN1CCC(C)(CC(C)CC)CC1. The van der Waals surface area contributed by atoms with Gasteiger partial charge in [0.25, 0.3) is 0 Å². The fraction of sp³-hybridized carbons (Fsp3) is 1.00. The standard InChI is InChI=1S/C19H39N/c1-6-9-18(10-7-2)16-20-13-11-19(5,12-14-20)15-17(4)8-3/h17-18H,6-16H2,1-5H3. The second kappa shape index (κ2) is 9.07. The van der Waals surface area contributed by atoms with E-state index in [2.05, 4.69) is 39.5 Å². The maximum Gasteiger partial charge on any atom is 0.000966 e. The van der Waals surface area contributed by atoms with Crippen molar-refractivity contribution in [2.45, 2.75) is 86.0 Å². The van der Waals surface area contributed by atoms with Crippen LogP contribution < -0.4 is 0 Å². The van der Waals surface area contributed by atoms with Crippen molar-refractivity contribution in [2.24, 2.45) is 17.3 Å². The summed E-state index contributed by atoms with van der Waals surface area (Å²) in [6, 6.07) is 0. The van der Waals surface area contributed by atoms with E-state index in [1.807, 2.05) is 0 Å². The number of hydrogen-bond donors (Lipinski definition) is 0. The molecule has 0 saturated carbocycles. The summed E-state index contributed by atoms with van der Waals surface area (Å²) in [7, 11) is 0. The normalized spacial score (nSPS) is 21.3. The first-order valence-corrected chi connectivity index (χ1v) is 9.25. The first-order valence-electron chi connectivity index (χ1n) is 9.25. The third-order valence-corrected chi connectivity index (χ3v) is 5.51. The third-order valence-electron chi connectivity index (χ3n) is 5.51. The quantitative estimate of drug-likeness (QED) is 0.521. The average molecular weight is 282 g/mol. The molecule has 0 spiro atoms. The zero-order chi connectivity index (χ0) is 15.0. The highest BCUT2D eigenvalue weighted by molar-refractivity contribution is 4.84. The Bertz CT molecular complexity index is 234. The lowest BCUT2D eigenvalue weighted by atomic mass is 9.73. The van der Waals surface area contributed by atoms with Crippen LogP contribution in [0.2, 0.25) is 0 Å². The van der Waals surface area contributed by atoms with Crippen LogP contribution in [-0.4, -0.2) is 24.5 Å². The van der Waals surface area contributed by atoms with Crippen LogP contribution in [0.3, 0.4) is 0 Å². The number of rotatable bonds is 9. The largest absolute Gasteiger partial charge is 0.303 e. The predicted octanol–water partition coefficient (Wildman–Crippen LogP) is 5.74. The lowest BCUT2D eigenvalue weighted by Crippen LogP contribution is -2.41. The highest BCUT2D eigenvalue weighted by Gasteiger charge is 2.31. The van der Waals surface area contributed by atoms with Crippen LogP contribution in [0.4, 0.5) is 0 Å². The molecule has 1 nitrogen and oxygen atoms in total. The van der Waals surface area contributed by atoms with Crippen LogP contribution in [0, 0.1) is 17.3 Å². The van der Waals surface area contributed by atoms with Gasteiger partial charge in [-0.25, -0.2) is 0 Å². The maximum atomic E-state index is 2.76. The molecule has 20 heavy (non-hydrogen) atoms. The third kappa shape index (κ3) is 6.16. The Morgan fingerprint density at radius 2 is 1.55 bits per heavy atom. The van der Waals surface area contributed by atoms with Crippen molar-refractivity contribution in [1.29, 1.82) is 0 Å². The Balaban J connectivity index is 2.36. The summed E-state index contributed by atoms with van der Waals surface area (Å²) >= 11 is 0. The van der Waals surface area contributed by atoms with Gasteiger partial charge < -0.3 is 4.90 Å². The monoisotopic (exact) mass is 281 g/mol. The van der Waals surface area contributed by atoms with E-state index < -0.39 is 0 Å². The van der Waals surface area contributed by atoms with Crippen molar-refractivity contribution in [2.75, 3.05) is 19.6 Å². The molecule has 1 fully saturated rings. The molecular formula is C19H39N. The zero-order valence-corrected chi connectivity index (χ0v) is 14.9. The van der Waals surface area contributed by atoms with Gasteiger partial charge in [0.15, 0.2) is 0 Å². The molecule has 0 aliphatic carbocycles. The second-order valence-electron chi connectivity index (χ2n) is 7.77. The molecule has 1 heteroatoms. The highest BCUT2D eigenvalue weighted by Crippen LogP contribution is 2.38. The van der Waals surface area contributed by atoms with Gasteiger partial charge in [-0.3, -0.25) is 0 Å². The van der Waals surface area contributed by atoms with Crippen molar-refractivity contribution in [3.05, 3.63) is 0 Å². The minimum absolute atomic E-state index is 0.622. The molecule has 1 rings (SSSR count). The molecule has 0 radical (unpaired) electrons. The van der Waals surface area contributed by atoms with Crippen LogP contribution in [-0.2, 0) is 0 Å². The molecule has 1 aliphatic heterocycles. The smallest absolute Gasteiger partial charge is 0.000966 e. The molecule has 1 heterocycles. The minimum Gasteiger partial charge on any atom is -0.303 e. The van der Waals surface area contributed by atoms with Gasteiger partial charge in [0, 0.05) is 6.54 Å². The number of hydrogen-bond acceptors (Lipinski definition) is 1. The van der Waals surface area contributed by atoms with E-state index in [-0.39, 0.29) is 0 Å². The molecule has 0 aromatic carbocycles. The summed E-state index contributed by atoms with van der Waals surface area (Å²) in [5.41, 5.74) is 0.622. The van der Waals surface area contributed by atoms with E-state index in [9.17, 15) is 0 Å². The van der Waals surface area contributed by atoms with Gasteiger partial charge in [-0.2, -0.15) is 0 Å². The van der Waals surface area contributed by atoms with Crippen LogP contribution in [0.5, 0.6) is 0 Å². The van der Waals surface area contributed by atoms with Gasteiger partial charge in [-0.05, 0) is 62.4 Å². The van der Waals surface area contributed by atoms with E-state index in [1.54, 1.807) is 0 Å². The summed E-state index contributed by atoms with van der Waals surface area (Å²) in [4.78, 5) is 2.76. The van der Waals surface area contributed by atoms with Crippen LogP contribution >= 0.6 is 0 Å². The van der Waals surface area contributed by atoms with Gasteiger partial charge in [-0.1, -0.05) is 53.9 Å². The minimum atomic E-state index is 0.622. The molecule has 1 saturated heterocycles. The van der Waals surface area contributed by atoms with Gasteiger partial charge in [-0.15, -0.1) is 0 Å². The lowest BCUT2D eigenvalue weighted by molar-refractivity contribution is 0.0826. The molecule has 1 unspecified atom stereocenters. The van der Waals surface area contributed by atoms with Crippen molar-refractivity contribution in [3.63, 3.8) is 0 Å². The summed E-state index contributed by atoms with van der Waals surface area (Å²) in [6.07, 6.45) is 11.2. The number of nitrogens with zero attached hydrogens (tertiary/aromatic N) is 1. The Morgan fingerprint density at radius 1 is 1.00 bits per heavy atom. The van der Waals surface area contributed by atoms with E-state index in [1.165, 1.54) is 71.0 Å². The molecule has 1 atom stereocenters. The average Bonchev–Trinajstić information content (AvgIpc) is 2.42. The fourth-order valence-corrected chi connectivity index (χ4v) is 3.97. The number of likely N-dealkylation sites (tertiary alicyclic amines) is 1. The molecule has 0 N–H and O–H groups in total. The topological polar surface area (TPSA) is 3.24 Å². The molecule has 0 aromatic rings. The molecule has 0 amide bonds. The Labute approximate surface area is 128 Å². The van der Waals surface area contributed by atoms with Gasteiger partial charge in [0.1, 0.15) is 0 Å². The Morgan fingerprint density at radius 3 is 2.00 bits per heavy atom. The van der Waals surface area contributed by atoms with E-state index in [0.29, 0.717) is 5.41 Å². The summed E-state index contributed by atoms with van der Waals surface area (Å²) in [5, 5.41) is 0. The van der Waals surface area contributed by atoms with Crippen molar-refractivity contribution < 1.29 is 0 Å². The zero-order valence-electron chi connectivity index (χ0n) is 14.9. The molecular weight excluding hydrogens is 242 g/mol. The molecule has 120 valence electrons. The van der Waals surface area contributed by atoms with E-state index >= 15 is 0 Å². The molecule has 0 aromatic heterocycles. The Kier molecular flexibility index (Phi) is 8.17. The fourth-order valence-electron chi connectivity index (χ4n) is 3.97. The Hall–Kier alpha value is -0.0400. The van der Waals surface area contributed by atoms with Crippen LogP contribution in [0.25, 0.3) is 0 Å². The van der Waals surface area contributed by atoms with Crippen molar-refractivity contribution >= 4 is 0 Å². The predicted molar refractivity (Wildman–Crippen MR) is 91.2 cm³/mol. The second-order valence-corrected chi connectivity index (χ2v) is 7.77. The summed E-state index contributed by atoms with van der Waals surface area (Å²) < 4.78 is 0. The maximum absolute atomic E-state index is 2.76.